The number of alkyl halides is 3. The van der Waals surface area contributed by atoms with E-state index in [9.17, 15) is 18.0 Å². The lowest BCUT2D eigenvalue weighted by Gasteiger charge is -2.24. The van der Waals surface area contributed by atoms with Gasteiger partial charge in [-0.3, -0.25) is 15.2 Å². The zero-order valence-electron chi connectivity index (χ0n) is 24.5. The van der Waals surface area contributed by atoms with E-state index in [0.717, 1.165) is 22.7 Å². The van der Waals surface area contributed by atoms with Gasteiger partial charge in [0.05, 0.1) is 12.5 Å². The van der Waals surface area contributed by atoms with Crippen molar-refractivity contribution < 1.29 is 36.9 Å². The fourth-order valence-corrected chi connectivity index (χ4v) is 4.41. The SMILES string of the molecule is COC(=O)C(C)(C)COc1cc(C)c(-c2ccc(C3=NC(OCC(F)(F)F)N(COCC[Si](C)(C)C)N3)nc2)cn1. The minimum absolute atomic E-state index is 0.00577. The average molecular weight is 598 g/mol. The van der Waals surface area contributed by atoms with E-state index in [1.807, 2.05) is 13.0 Å². The van der Waals surface area contributed by atoms with Gasteiger partial charge in [-0.2, -0.15) is 13.2 Å². The van der Waals surface area contributed by atoms with Gasteiger partial charge in [-0.15, -0.1) is 5.01 Å². The lowest BCUT2D eigenvalue weighted by Crippen LogP contribution is -2.44. The number of esters is 1. The van der Waals surface area contributed by atoms with Gasteiger partial charge in [0.25, 0.3) is 0 Å². The minimum Gasteiger partial charge on any atom is -0.476 e. The second-order valence-electron chi connectivity index (χ2n) is 11.6. The maximum Gasteiger partial charge on any atom is 0.411 e. The van der Waals surface area contributed by atoms with Crippen molar-refractivity contribution in [3.05, 3.63) is 41.9 Å². The molecule has 0 saturated carbocycles. The molecule has 3 heterocycles. The molecule has 14 heteroatoms. The van der Waals surface area contributed by atoms with Crippen LogP contribution >= 0.6 is 0 Å². The van der Waals surface area contributed by atoms with E-state index in [0.29, 0.717) is 18.2 Å². The molecule has 1 aliphatic rings. The number of hydrogen-bond acceptors (Lipinski definition) is 10. The highest BCUT2D eigenvalue weighted by molar-refractivity contribution is 6.76. The van der Waals surface area contributed by atoms with Gasteiger partial charge in [0.2, 0.25) is 12.2 Å². The second-order valence-corrected chi connectivity index (χ2v) is 17.2. The monoisotopic (exact) mass is 597 g/mol. The molecule has 226 valence electrons. The minimum atomic E-state index is -4.49. The summed E-state index contributed by atoms with van der Waals surface area (Å²) in [6.45, 7) is 11.1. The number of rotatable bonds is 13. The number of pyridine rings is 2. The number of aliphatic imine (C=N–C) groups is 1. The van der Waals surface area contributed by atoms with E-state index in [2.05, 4.69) is 40.0 Å². The molecule has 10 nitrogen and oxygen atoms in total. The number of hydrogen-bond donors (Lipinski definition) is 1. The van der Waals surface area contributed by atoms with Gasteiger partial charge in [-0.05, 0) is 38.4 Å². The van der Waals surface area contributed by atoms with Crippen molar-refractivity contribution in [1.82, 2.24) is 20.4 Å². The van der Waals surface area contributed by atoms with Crippen LogP contribution in [0.4, 0.5) is 13.2 Å². The number of aryl methyl sites for hydroxylation is 1. The van der Waals surface area contributed by atoms with Gasteiger partial charge >= 0.3 is 12.1 Å². The van der Waals surface area contributed by atoms with Gasteiger partial charge < -0.3 is 18.9 Å². The molecule has 1 unspecified atom stereocenters. The van der Waals surface area contributed by atoms with Crippen molar-refractivity contribution in [3.8, 4) is 17.0 Å². The van der Waals surface area contributed by atoms with E-state index in [4.69, 9.17) is 18.9 Å². The first-order valence-electron chi connectivity index (χ1n) is 13.1. The summed E-state index contributed by atoms with van der Waals surface area (Å²) >= 11 is 0. The highest BCUT2D eigenvalue weighted by Gasteiger charge is 2.34. The van der Waals surface area contributed by atoms with E-state index in [-0.39, 0.29) is 25.1 Å². The van der Waals surface area contributed by atoms with Crippen LogP contribution in [0.25, 0.3) is 11.1 Å². The smallest absolute Gasteiger partial charge is 0.411 e. The normalized spacial score (nSPS) is 16.3. The molecule has 1 atom stereocenters. The molecular weight excluding hydrogens is 559 g/mol. The largest absolute Gasteiger partial charge is 0.476 e. The summed E-state index contributed by atoms with van der Waals surface area (Å²) in [6.07, 6.45) is -2.43. The molecule has 1 N–H and O–H groups in total. The van der Waals surface area contributed by atoms with Crippen LogP contribution in [0.15, 0.2) is 35.6 Å². The molecule has 3 rings (SSSR count). The molecule has 0 fully saturated rings. The number of amidine groups is 1. The summed E-state index contributed by atoms with van der Waals surface area (Å²) in [5.41, 5.74) is 5.02. The van der Waals surface area contributed by atoms with Crippen LogP contribution in [0.1, 0.15) is 25.1 Å². The number of carbonyl (C=O) groups is 1. The number of hydrazine groups is 1. The Bertz CT molecular complexity index is 1220. The summed E-state index contributed by atoms with van der Waals surface area (Å²) in [5.74, 6) is 0.257. The Morgan fingerprint density at radius 1 is 1.12 bits per heavy atom. The van der Waals surface area contributed by atoms with Gasteiger partial charge in [-0.25, -0.2) is 9.98 Å². The zero-order chi connectivity index (χ0) is 30.4. The van der Waals surface area contributed by atoms with E-state index in [1.165, 1.54) is 12.1 Å². The van der Waals surface area contributed by atoms with Crippen molar-refractivity contribution in [2.24, 2.45) is 10.4 Å². The predicted octanol–water partition coefficient (Wildman–Crippen LogP) is 4.77. The van der Waals surface area contributed by atoms with Gasteiger partial charge in [0.1, 0.15) is 25.6 Å². The quantitative estimate of drug-likeness (QED) is 0.198. The topological polar surface area (TPSA) is 107 Å². The highest BCUT2D eigenvalue weighted by Crippen LogP contribution is 2.27. The number of aromatic nitrogens is 2. The molecule has 2 aromatic heterocycles. The van der Waals surface area contributed by atoms with Crippen molar-refractivity contribution in [2.75, 3.05) is 33.7 Å². The number of halogens is 3. The molecule has 0 aromatic carbocycles. The predicted molar refractivity (Wildman–Crippen MR) is 150 cm³/mol. The Labute approximate surface area is 239 Å². The van der Waals surface area contributed by atoms with Crippen LogP contribution in [-0.4, -0.2) is 81.0 Å². The Morgan fingerprint density at radius 3 is 2.44 bits per heavy atom. The third-order valence-corrected chi connectivity index (χ3v) is 7.80. The summed E-state index contributed by atoms with van der Waals surface area (Å²) in [7, 11) is 0.00358. The fraction of sp³-hybridized carbons (Fsp3) is 0.556. The number of methoxy groups -OCH3 is 1. The molecule has 0 bridgehead atoms. The van der Waals surface area contributed by atoms with E-state index in [1.54, 1.807) is 38.4 Å². The van der Waals surface area contributed by atoms with Crippen LogP contribution < -0.4 is 10.2 Å². The third-order valence-electron chi connectivity index (χ3n) is 6.10. The lowest BCUT2D eigenvalue weighted by atomic mass is 9.95. The first-order chi connectivity index (χ1) is 19.1. The summed E-state index contributed by atoms with van der Waals surface area (Å²) < 4.78 is 59.7. The third kappa shape index (κ3) is 9.76. The maximum atomic E-state index is 12.8. The molecule has 41 heavy (non-hydrogen) atoms. The van der Waals surface area contributed by atoms with Crippen LogP contribution in [0, 0.1) is 12.3 Å². The van der Waals surface area contributed by atoms with Crippen LogP contribution in [0.3, 0.4) is 0 Å². The molecular formula is C27H38F3N5O5Si. The molecule has 2 aromatic rings. The van der Waals surface area contributed by atoms with Gasteiger partial charge in [0, 0.05) is 44.3 Å². The fourth-order valence-electron chi connectivity index (χ4n) is 3.65. The molecule has 0 spiro atoms. The number of carbonyl (C=O) groups excluding carboxylic acids is 1. The van der Waals surface area contributed by atoms with Gasteiger partial charge in [-0.1, -0.05) is 25.7 Å². The number of nitrogens with one attached hydrogen (secondary N) is 1. The first-order valence-corrected chi connectivity index (χ1v) is 16.8. The van der Waals surface area contributed by atoms with Crippen molar-refractivity contribution in [2.45, 2.75) is 59.0 Å². The molecule has 0 aliphatic carbocycles. The van der Waals surface area contributed by atoms with Gasteiger partial charge in [0.15, 0.2) is 5.84 Å². The average Bonchev–Trinajstić information content (AvgIpc) is 3.30. The maximum absolute atomic E-state index is 12.8. The van der Waals surface area contributed by atoms with Crippen LogP contribution in [0.2, 0.25) is 25.7 Å². The Hall–Kier alpha value is -3.07. The van der Waals surface area contributed by atoms with E-state index < -0.39 is 32.6 Å². The van der Waals surface area contributed by atoms with Crippen molar-refractivity contribution in [1.29, 1.82) is 0 Å². The molecule has 0 radical (unpaired) electrons. The zero-order valence-corrected chi connectivity index (χ0v) is 25.5. The Balaban J connectivity index is 1.69. The van der Waals surface area contributed by atoms with Crippen LogP contribution in [0.5, 0.6) is 5.88 Å². The highest BCUT2D eigenvalue weighted by atomic mass is 28.3. The van der Waals surface area contributed by atoms with Crippen LogP contribution in [-0.2, 0) is 19.0 Å². The first kappa shape index (κ1) is 32.4. The summed E-state index contributed by atoms with van der Waals surface area (Å²) in [4.78, 5) is 25.0. The van der Waals surface area contributed by atoms with Crippen molar-refractivity contribution in [3.63, 3.8) is 0 Å². The standard InChI is InChI=1S/C27H38F3N5O5Si/c1-18-12-22(39-15-26(2,3)24(36)37-4)32-14-20(18)19-8-9-21(31-13-19)23-33-25(40-16-27(28,29)30)35(34-23)17-38-10-11-41(5,6)7/h8-9,12-14,25H,10-11,15-17H2,1-7H3,(H,33,34). The van der Waals surface area contributed by atoms with Crippen molar-refractivity contribution >= 4 is 19.9 Å². The van der Waals surface area contributed by atoms with E-state index >= 15 is 0 Å². The lowest BCUT2D eigenvalue weighted by molar-refractivity contribution is -0.209. The number of nitrogens with zero attached hydrogens (tertiary/aromatic N) is 4. The summed E-state index contributed by atoms with van der Waals surface area (Å²) in [6, 6.07) is 6.21. The molecule has 0 amide bonds. The summed E-state index contributed by atoms with van der Waals surface area (Å²) in [5, 5.41) is 1.37. The number of ether oxygens (including phenoxy) is 4. The molecule has 0 saturated heterocycles. The Kier molecular flexibility index (Phi) is 10.5. The molecule has 1 aliphatic heterocycles. The second kappa shape index (κ2) is 13.3. The Morgan fingerprint density at radius 2 is 1.85 bits per heavy atom.